The number of anilines is 1. The number of ether oxygens (including phenoxy) is 1. The predicted molar refractivity (Wildman–Crippen MR) is 160 cm³/mol. The zero-order valence-corrected chi connectivity index (χ0v) is 24.7. The largest absolute Gasteiger partial charge is 0.466 e. The number of carbonyl (C=O) groups excluding carboxylic acids is 2. The van der Waals surface area contributed by atoms with Crippen molar-refractivity contribution < 1.29 is 14.3 Å². The summed E-state index contributed by atoms with van der Waals surface area (Å²) in [5.74, 6) is -0.378. The maximum absolute atomic E-state index is 12.8. The Morgan fingerprint density at radius 1 is 1.08 bits per heavy atom. The number of hydrogen-bond donors (Lipinski definition) is 1. The van der Waals surface area contributed by atoms with Crippen LogP contribution in [0.2, 0.25) is 0 Å². The molecule has 0 radical (unpaired) electrons. The lowest BCUT2D eigenvalue weighted by Gasteiger charge is -2.37. The minimum Gasteiger partial charge on any atom is -0.466 e. The predicted octanol–water partition coefficient (Wildman–Crippen LogP) is 4.04. The Kier molecular flexibility index (Phi) is 10.0. The molecule has 1 N–H and O–H groups in total. The number of esters is 1. The van der Waals surface area contributed by atoms with Gasteiger partial charge in [0.1, 0.15) is 10.6 Å². The van der Waals surface area contributed by atoms with Crippen molar-refractivity contribution in [1.29, 1.82) is 0 Å². The van der Waals surface area contributed by atoms with Gasteiger partial charge in [-0.05, 0) is 56.5 Å². The normalized spacial score (nSPS) is 17.6. The third-order valence-corrected chi connectivity index (χ3v) is 8.54. The van der Waals surface area contributed by atoms with Crippen LogP contribution in [0.3, 0.4) is 0 Å². The van der Waals surface area contributed by atoms with Crippen LogP contribution in [0.4, 0.5) is 5.69 Å². The van der Waals surface area contributed by atoms with E-state index in [-0.39, 0.29) is 28.9 Å². The molecule has 38 heavy (non-hydrogen) atoms. The number of aryl methyl sites for hydroxylation is 1. The van der Waals surface area contributed by atoms with Crippen molar-refractivity contribution in [3.8, 4) is 0 Å². The fraction of sp³-hybridized carbons (Fsp3) is 0.483. The summed E-state index contributed by atoms with van der Waals surface area (Å²) in [6, 6.07) is 14.4. The van der Waals surface area contributed by atoms with Gasteiger partial charge in [-0.3, -0.25) is 19.5 Å². The second-order valence-electron chi connectivity index (χ2n) is 9.80. The lowest BCUT2D eigenvalue weighted by molar-refractivity contribution is -0.141. The first-order valence-electron chi connectivity index (χ1n) is 13.4. The van der Waals surface area contributed by atoms with Gasteiger partial charge in [-0.2, -0.15) is 5.10 Å². The fourth-order valence-corrected chi connectivity index (χ4v) is 5.87. The van der Waals surface area contributed by atoms with E-state index in [1.165, 1.54) is 16.8 Å². The van der Waals surface area contributed by atoms with Crippen LogP contribution in [-0.2, 0) is 14.3 Å². The maximum atomic E-state index is 12.8. The number of rotatable bonds is 10. The number of fused-ring (bicyclic) bond motifs is 1. The van der Waals surface area contributed by atoms with Crippen LogP contribution >= 0.6 is 22.6 Å². The Bertz CT molecular complexity index is 1160. The number of nitrogens with zero attached hydrogens (tertiary/aromatic N) is 4. The number of nitrogens with one attached hydrogen (secondary N) is 1. The van der Waals surface area contributed by atoms with E-state index in [4.69, 9.17) is 4.74 Å². The van der Waals surface area contributed by atoms with Crippen LogP contribution in [0.5, 0.6) is 0 Å². The fourth-order valence-electron chi connectivity index (χ4n) is 5.01. The molecule has 9 heteroatoms. The van der Waals surface area contributed by atoms with Crippen molar-refractivity contribution in [3.05, 3.63) is 64.7 Å². The summed E-state index contributed by atoms with van der Waals surface area (Å²) >= 11 is 2.30. The Morgan fingerprint density at radius 3 is 2.61 bits per heavy atom. The summed E-state index contributed by atoms with van der Waals surface area (Å²) in [7, 11) is 0. The van der Waals surface area contributed by atoms with Gasteiger partial charge >= 0.3 is 5.97 Å². The van der Waals surface area contributed by atoms with Gasteiger partial charge in [0.2, 0.25) is 5.91 Å². The molecule has 4 rings (SSSR count). The van der Waals surface area contributed by atoms with E-state index < -0.39 is 0 Å². The van der Waals surface area contributed by atoms with Gasteiger partial charge in [-0.25, -0.2) is 0 Å². The summed E-state index contributed by atoms with van der Waals surface area (Å²) in [5, 5.41) is 9.50. The molecule has 0 bridgehead atoms. The second-order valence-corrected chi connectivity index (χ2v) is 11.0. The molecule has 0 saturated carbocycles. The van der Waals surface area contributed by atoms with Gasteiger partial charge in [0.25, 0.3) is 0 Å². The van der Waals surface area contributed by atoms with Crippen LogP contribution in [0.1, 0.15) is 46.1 Å². The molecule has 8 nitrogen and oxygen atoms in total. The molecule has 2 aliphatic rings. The standard InChI is InChI=1S/C29H38IN5O3/c1-4-38-28(37)19-25-23-10-5-6-11-24(23)29(30)35(32-25)20-27(36)31-13-8-14-33-15-17-34(18-16-33)26-12-7-9-21(2)22(26)3/h5-7,9-12,29H,4,8,13-20H2,1-3H3,(H,31,36). The number of amides is 1. The van der Waals surface area contributed by atoms with Crippen molar-refractivity contribution in [2.75, 3.05) is 57.3 Å². The lowest BCUT2D eigenvalue weighted by atomic mass is 9.99. The monoisotopic (exact) mass is 631 g/mol. The molecular formula is C29H38IN5O3. The number of alkyl halides is 1. The van der Waals surface area contributed by atoms with Crippen molar-refractivity contribution in [1.82, 2.24) is 15.2 Å². The smallest absolute Gasteiger partial charge is 0.311 e. The Labute approximate surface area is 239 Å². The number of benzene rings is 2. The number of halogens is 1. The number of carbonyl (C=O) groups is 2. The molecule has 0 spiro atoms. The summed E-state index contributed by atoms with van der Waals surface area (Å²) < 4.78 is 5.04. The van der Waals surface area contributed by atoms with E-state index in [1.807, 2.05) is 24.3 Å². The first kappa shape index (κ1) is 28.4. The quantitative estimate of drug-likeness (QED) is 0.140. The van der Waals surface area contributed by atoms with Gasteiger partial charge in [-0.15, -0.1) is 0 Å². The summed E-state index contributed by atoms with van der Waals surface area (Å²) in [6.45, 7) is 12.3. The summed E-state index contributed by atoms with van der Waals surface area (Å²) in [6.07, 6.45) is 0.992. The molecule has 2 heterocycles. The topological polar surface area (TPSA) is 77.5 Å². The molecule has 204 valence electrons. The molecule has 1 fully saturated rings. The van der Waals surface area contributed by atoms with Gasteiger partial charge in [0.05, 0.1) is 18.7 Å². The number of hydrogen-bond acceptors (Lipinski definition) is 7. The van der Waals surface area contributed by atoms with Crippen molar-refractivity contribution in [3.63, 3.8) is 0 Å². The highest BCUT2D eigenvalue weighted by atomic mass is 127. The Hall–Kier alpha value is -2.66. The van der Waals surface area contributed by atoms with Gasteiger partial charge in [-0.1, -0.05) is 59.0 Å². The lowest BCUT2D eigenvalue weighted by Crippen LogP contribution is -2.47. The molecule has 2 aliphatic heterocycles. The summed E-state index contributed by atoms with van der Waals surface area (Å²) in [5.41, 5.74) is 6.68. The van der Waals surface area contributed by atoms with Crippen LogP contribution in [0.15, 0.2) is 47.6 Å². The average molecular weight is 632 g/mol. The minimum absolute atomic E-state index is 0.0648. The van der Waals surface area contributed by atoms with Gasteiger partial charge < -0.3 is 15.0 Å². The molecule has 2 aromatic rings. The van der Waals surface area contributed by atoms with E-state index in [9.17, 15) is 9.59 Å². The van der Waals surface area contributed by atoms with E-state index in [1.54, 1.807) is 11.9 Å². The first-order chi connectivity index (χ1) is 18.4. The third-order valence-electron chi connectivity index (χ3n) is 7.22. The van der Waals surface area contributed by atoms with E-state index in [2.05, 4.69) is 74.9 Å². The molecule has 2 aromatic carbocycles. The van der Waals surface area contributed by atoms with Crippen molar-refractivity contribution in [2.24, 2.45) is 5.10 Å². The maximum Gasteiger partial charge on any atom is 0.311 e. The molecular weight excluding hydrogens is 593 g/mol. The summed E-state index contributed by atoms with van der Waals surface area (Å²) in [4.78, 5) is 29.9. The second kappa shape index (κ2) is 13.4. The third kappa shape index (κ3) is 7.05. The average Bonchev–Trinajstić information content (AvgIpc) is 2.91. The zero-order chi connectivity index (χ0) is 27.1. The van der Waals surface area contributed by atoms with E-state index in [0.29, 0.717) is 18.9 Å². The SMILES string of the molecule is CCOC(=O)CC1=NN(CC(=O)NCCCN2CCN(c3cccc(C)c3C)CC2)C(I)c2ccccc21. The number of piperazine rings is 1. The van der Waals surface area contributed by atoms with Crippen molar-refractivity contribution >= 4 is 45.9 Å². The number of hydrazone groups is 1. The van der Waals surface area contributed by atoms with Gasteiger partial charge in [0, 0.05) is 44.0 Å². The van der Waals surface area contributed by atoms with Gasteiger partial charge in [0.15, 0.2) is 0 Å². The molecule has 0 aromatic heterocycles. The van der Waals surface area contributed by atoms with E-state index >= 15 is 0 Å². The molecule has 0 aliphatic carbocycles. The molecule has 1 amide bonds. The first-order valence-corrected chi connectivity index (χ1v) is 14.6. The molecule has 1 atom stereocenters. The van der Waals surface area contributed by atoms with Crippen LogP contribution in [0.25, 0.3) is 0 Å². The zero-order valence-electron chi connectivity index (χ0n) is 22.6. The highest BCUT2D eigenvalue weighted by molar-refractivity contribution is 14.1. The molecule has 1 unspecified atom stereocenters. The van der Waals surface area contributed by atoms with Crippen LogP contribution < -0.4 is 10.2 Å². The van der Waals surface area contributed by atoms with Crippen LogP contribution in [0, 0.1) is 13.8 Å². The Morgan fingerprint density at radius 2 is 1.84 bits per heavy atom. The van der Waals surface area contributed by atoms with Crippen molar-refractivity contribution in [2.45, 2.75) is 37.7 Å². The minimum atomic E-state index is -0.313. The van der Waals surface area contributed by atoms with E-state index in [0.717, 1.165) is 50.3 Å². The Balaban J connectivity index is 1.23. The van der Waals surface area contributed by atoms with Crippen LogP contribution in [-0.4, -0.2) is 79.9 Å². The highest BCUT2D eigenvalue weighted by Crippen LogP contribution is 2.35. The molecule has 1 saturated heterocycles. The highest BCUT2D eigenvalue weighted by Gasteiger charge is 2.29.